The van der Waals surface area contributed by atoms with E-state index in [-0.39, 0.29) is 6.61 Å². The van der Waals surface area contributed by atoms with Crippen LogP contribution in [0.15, 0.2) is 66.8 Å². The van der Waals surface area contributed by atoms with Crippen molar-refractivity contribution in [3.05, 3.63) is 77.9 Å². The third kappa shape index (κ3) is 6.08. The number of carbonyl (C=O) groups is 1. The molecule has 0 heterocycles. The van der Waals surface area contributed by atoms with E-state index in [0.717, 1.165) is 17.4 Å². The van der Waals surface area contributed by atoms with E-state index in [4.69, 9.17) is 16.3 Å². The van der Waals surface area contributed by atoms with E-state index in [0.29, 0.717) is 0 Å². The van der Waals surface area contributed by atoms with E-state index in [9.17, 15) is 0 Å². The topological polar surface area (TPSA) is 37.3 Å². The van der Waals surface area contributed by atoms with Gasteiger partial charge in [0.1, 0.15) is 6.29 Å². The van der Waals surface area contributed by atoms with E-state index < -0.39 is 0 Å². The van der Waals surface area contributed by atoms with E-state index in [1.54, 1.807) is 12.2 Å². The van der Waals surface area contributed by atoms with Gasteiger partial charge in [-0.15, -0.1) is 6.42 Å². The zero-order chi connectivity index (χ0) is 17.8. The first-order valence-electron chi connectivity index (χ1n) is 7.67. The molecule has 0 aromatic heterocycles. The summed E-state index contributed by atoms with van der Waals surface area (Å²) >= 11 is 0. The summed E-state index contributed by atoms with van der Waals surface area (Å²) in [6.07, 6.45) is 11.3. The standard InChI is InChI=1S/C20H18O.C2H4O/c1-3-5-17(6-4-15-21)19-11-13-20(14-12-19)18-9-7-16(2)8-10-18;1-2-3/h1,4-14,21H,15H2,2H3;2H,1H3/b6-4-,17-5+;. The molecule has 0 unspecified atom stereocenters. The molecule has 0 aliphatic heterocycles. The van der Waals surface area contributed by atoms with Crippen LogP contribution >= 0.6 is 0 Å². The van der Waals surface area contributed by atoms with Crippen LogP contribution in [0.2, 0.25) is 0 Å². The number of hydrogen-bond acceptors (Lipinski definition) is 2. The van der Waals surface area contributed by atoms with Gasteiger partial charge in [-0.3, -0.25) is 0 Å². The Morgan fingerprint density at radius 2 is 1.58 bits per heavy atom. The molecule has 0 saturated heterocycles. The van der Waals surface area contributed by atoms with Gasteiger partial charge in [-0.05, 0) is 42.2 Å². The summed E-state index contributed by atoms with van der Waals surface area (Å²) in [5.74, 6) is 2.53. The predicted molar refractivity (Wildman–Crippen MR) is 101 cm³/mol. The molecule has 0 fully saturated rings. The van der Waals surface area contributed by atoms with Gasteiger partial charge < -0.3 is 9.90 Å². The lowest BCUT2D eigenvalue weighted by Gasteiger charge is -2.06. The third-order valence-corrected chi connectivity index (χ3v) is 3.24. The first kappa shape index (κ1) is 19.2. The zero-order valence-corrected chi connectivity index (χ0v) is 14.1. The van der Waals surface area contributed by atoms with Gasteiger partial charge in [0.25, 0.3) is 0 Å². The molecule has 2 aromatic rings. The molecule has 0 spiro atoms. The van der Waals surface area contributed by atoms with E-state index in [1.165, 1.54) is 23.6 Å². The second-order valence-corrected chi connectivity index (χ2v) is 5.03. The summed E-state index contributed by atoms with van der Waals surface area (Å²) < 4.78 is 0. The Labute approximate surface area is 144 Å². The largest absolute Gasteiger partial charge is 0.392 e. The number of aryl methyl sites for hydroxylation is 1. The lowest BCUT2D eigenvalue weighted by atomic mass is 9.99. The summed E-state index contributed by atoms with van der Waals surface area (Å²) in [4.78, 5) is 8.81. The predicted octanol–water partition coefficient (Wildman–Crippen LogP) is 4.43. The lowest BCUT2D eigenvalue weighted by molar-refractivity contribution is -0.106. The number of aliphatic hydroxyl groups excluding tert-OH is 1. The van der Waals surface area contributed by atoms with Crippen LogP contribution in [0.25, 0.3) is 16.7 Å². The molecule has 24 heavy (non-hydrogen) atoms. The minimum absolute atomic E-state index is 0.00333. The van der Waals surface area contributed by atoms with Crippen molar-refractivity contribution in [2.24, 2.45) is 0 Å². The summed E-state index contributed by atoms with van der Waals surface area (Å²) in [5, 5.41) is 8.88. The Morgan fingerprint density at radius 3 is 2.04 bits per heavy atom. The molecule has 2 rings (SSSR count). The summed E-state index contributed by atoms with van der Waals surface area (Å²) in [5.41, 5.74) is 5.57. The second kappa shape index (κ2) is 10.8. The smallest absolute Gasteiger partial charge is 0.116 e. The quantitative estimate of drug-likeness (QED) is 0.514. The highest BCUT2D eigenvalue weighted by atomic mass is 16.2. The van der Waals surface area contributed by atoms with Crippen LogP contribution in [0.1, 0.15) is 18.1 Å². The Morgan fingerprint density at radius 1 is 1.08 bits per heavy atom. The van der Waals surface area contributed by atoms with Crippen molar-refractivity contribution in [1.29, 1.82) is 0 Å². The van der Waals surface area contributed by atoms with Crippen LogP contribution < -0.4 is 0 Å². The summed E-state index contributed by atoms with van der Waals surface area (Å²) in [6.45, 7) is 3.53. The normalized spacial score (nSPS) is 10.7. The first-order valence-corrected chi connectivity index (χ1v) is 7.67. The average molecular weight is 318 g/mol. The minimum atomic E-state index is 0.00333. The molecule has 2 heteroatoms. The molecular weight excluding hydrogens is 296 g/mol. The fraction of sp³-hybridized carbons (Fsp3) is 0.136. The van der Waals surface area contributed by atoms with Crippen molar-refractivity contribution in [3.63, 3.8) is 0 Å². The van der Waals surface area contributed by atoms with Crippen molar-refractivity contribution >= 4 is 11.9 Å². The SMILES string of the molecule is C#C/C=C(\C=C/CO)c1ccc(-c2ccc(C)cc2)cc1.CC=O. The number of aldehydes is 1. The highest BCUT2D eigenvalue weighted by Crippen LogP contribution is 2.23. The van der Waals surface area contributed by atoms with Gasteiger partial charge in [-0.2, -0.15) is 0 Å². The fourth-order valence-corrected chi connectivity index (χ4v) is 2.10. The Hall–Kier alpha value is -2.89. The van der Waals surface area contributed by atoms with Crippen molar-refractivity contribution in [3.8, 4) is 23.5 Å². The molecule has 0 radical (unpaired) electrons. The maximum Gasteiger partial charge on any atom is 0.116 e. The molecule has 2 nitrogen and oxygen atoms in total. The number of rotatable bonds is 4. The maximum absolute atomic E-state index is 8.88. The average Bonchev–Trinajstić information content (AvgIpc) is 2.60. The van der Waals surface area contributed by atoms with Gasteiger partial charge in [0.05, 0.1) is 6.61 Å². The monoisotopic (exact) mass is 318 g/mol. The molecule has 0 aliphatic rings. The van der Waals surface area contributed by atoms with Crippen molar-refractivity contribution in [1.82, 2.24) is 0 Å². The molecule has 0 saturated carbocycles. The summed E-state index contributed by atoms with van der Waals surface area (Å²) in [7, 11) is 0. The van der Waals surface area contributed by atoms with E-state index >= 15 is 0 Å². The highest BCUT2D eigenvalue weighted by Gasteiger charge is 2.00. The number of terminal acetylenes is 1. The molecule has 0 aliphatic carbocycles. The molecule has 2 aromatic carbocycles. The van der Waals surface area contributed by atoms with Crippen molar-refractivity contribution < 1.29 is 9.90 Å². The fourth-order valence-electron chi connectivity index (χ4n) is 2.10. The maximum atomic E-state index is 8.88. The number of carbonyl (C=O) groups excluding carboxylic acids is 1. The number of allylic oxidation sites excluding steroid dienone is 3. The number of benzene rings is 2. The van der Waals surface area contributed by atoms with Crippen molar-refractivity contribution in [2.45, 2.75) is 13.8 Å². The van der Waals surface area contributed by atoms with Gasteiger partial charge in [-0.1, -0.05) is 72.2 Å². The first-order chi connectivity index (χ1) is 11.7. The van der Waals surface area contributed by atoms with Crippen LogP contribution in [0.4, 0.5) is 0 Å². The van der Waals surface area contributed by atoms with Gasteiger partial charge in [0, 0.05) is 0 Å². The lowest BCUT2D eigenvalue weighted by Crippen LogP contribution is -1.84. The third-order valence-electron chi connectivity index (χ3n) is 3.24. The minimum Gasteiger partial charge on any atom is -0.392 e. The van der Waals surface area contributed by atoms with Crippen LogP contribution in [-0.4, -0.2) is 18.0 Å². The van der Waals surface area contributed by atoms with Crippen molar-refractivity contribution in [2.75, 3.05) is 6.61 Å². The van der Waals surface area contributed by atoms with Gasteiger partial charge >= 0.3 is 0 Å². The number of aliphatic hydroxyl groups is 1. The van der Waals surface area contributed by atoms with Crippen LogP contribution in [0.5, 0.6) is 0 Å². The van der Waals surface area contributed by atoms with Gasteiger partial charge in [0.2, 0.25) is 0 Å². The molecule has 0 amide bonds. The number of hydrogen-bond donors (Lipinski definition) is 1. The second-order valence-electron chi connectivity index (χ2n) is 5.03. The summed E-state index contributed by atoms with van der Waals surface area (Å²) in [6, 6.07) is 16.7. The van der Waals surface area contributed by atoms with Gasteiger partial charge in [0.15, 0.2) is 0 Å². The molecule has 0 bridgehead atoms. The Balaban J connectivity index is 0.000000891. The zero-order valence-electron chi connectivity index (χ0n) is 14.1. The molecule has 0 atom stereocenters. The van der Waals surface area contributed by atoms with Crippen LogP contribution in [-0.2, 0) is 4.79 Å². The Kier molecular flexibility index (Phi) is 8.60. The van der Waals surface area contributed by atoms with E-state index in [1.807, 2.05) is 18.2 Å². The molecular formula is C22H22O2. The highest BCUT2D eigenvalue weighted by molar-refractivity contribution is 5.77. The van der Waals surface area contributed by atoms with Crippen LogP contribution in [0.3, 0.4) is 0 Å². The molecule has 1 N–H and O–H groups in total. The van der Waals surface area contributed by atoms with E-state index in [2.05, 4.69) is 49.2 Å². The molecule has 122 valence electrons. The van der Waals surface area contributed by atoms with Gasteiger partial charge in [-0.25, -0.2) is 0 Å². The Bertz CT molecular complexity index is 727. The van der Waals surface area contributed by atoms with Crippen LogP contribution in [0, 0.1) is 19.3 Å².